The van der Waals surface area contributed by atoms with E-state index < -0.39 is 0 Å². The van der Waals surface area contributed by atoms with Gasteiger partial charge in [-0.2, -0.15) is 5.26 Å². The van der Waals surface area contributed by atoms with Gasteiger partial charge in [0.15, 0.2) is 11.0 Å². The number of ether oxygens (including phenoxy) is 1. The third kappa shape index (κ3) is 5.39. The fourth-order valence-corrected chi connectivity index (χ4v) is 3.58. The van der Waals surface area contributed by atoms with Crippen LogP contribution in [-0.2, 0) is 11.3 Å². The van der Waals surface area contributed by atoms with Gasteiger partial charge in [0, 0.05) is 17.8 Å². The lowest BCUT2D eigenvalue weighted by molar-refractivity contribution is -0.113. The second-order valence-electron chi connectivity index (χ2n) is 7.07. The van der Waals surface area contributed by atoms with Crippen LogP contribution in [-0.4, -0.2) is 33.5 Å². The third-order valence-electron chi connectivity index (χ3n) is 4.24. The number of nitriles is 1. The first-order chi connectivity index (χ1) is 14.5. The molecule has 0 bridgehead atoms. The number of carbonyl (C=O) groups excluding carboxylic acids is 1. The van der Waals surface area contributed by atoms with Gasteiger partial charge >= 0.3 is 0 Å². The van der Waals surface area contributed by atoms with Crippen molar-refractivity contribution in [2.45, 2.75) is 25.5 Å². The summed E-state index contributed by atoms with van der Waals surface area (Å²) in [4.78, 5) is 12.4. The van der Waals surface area contributed by atoms with Crippen LogP contribution in [0.3, 0.4) is 0 Å². The molecule has 0 spiro atoms. The van der Waals surface area contributed by atoms with Gasteiger partial charge in [-0.1, -0.05) is 25.6 Å². The third-order valence-corrected chi connectivity index (χ3v) is 5.21. The summed E-state index contributed by atoms with van der Waals surface area (Å²) in [6.45, 7) is 5.00. The van der Waals surface area contributed by atoms with E-state index in [2.05, 4.69) is 35.4 Å². The number of methoxy groups -OCH3 is 1. The van der Waals surface area contributed by atoms with Gasteiger partial charge in [-0.15, -0.1) is 10.2 Å². The molecule has 1 aromatic heterocycles. The molecule has 1 heterocycles. The average molecular weight is 422 g/mol. The van der Waals surface area contributed by atoms with E-state index in [0.717, 1.165) is 23.7 Å². The molecule has 0 unspecified atom stereocenters. The topological polar surface area (TPSA) is 92.8 Å². The molecule has 3 rings (SSSR count). The number of amides is 1. The fraction of sp³-hybridized carbons (Fsp3) is 0.273. The molecule has 8 heteroatoms. The van der Waals surface area contributed by atoms with E-state index in [9.17, 15) is 4.79 Å². The summed E-state index contributed by atoms with van der Waals surface area (Å²) in [5, 5.41) is 21.1. The zero-order valence-electron chi connectivity index (χ0n) is 17.1. The number of thioether (sulfide) groups is 1. The molecule has 1 N–H and O–H groups in total. The smallest absolute Gasteiger partial charge is 0.234 e. The molecule has 0 aliphatic heterocycles. The van der Waals surface area contributed by atoms with Gasteiger partial charge in [-0.05, 0) is 54.4 Å². The van der Waals surface area contributed by atoms with Crippen molar-refractivity contribution in [2.24, 2.45) is 5.92 Å². The Morgan fingerprint density at radius 3 is 2.47 bits per heavy atom. The Hall–Kier alpha value is -3.31. The Kier molecular flexibility index (Phi) is 7.09. The first-order valence-corrected chi connectivity index (χ1v) is 10.5. The Morgan fingerprint density at radius 1 is 1.17 bits per heavy atom. The van der Waals surface area contributed by atoms with Crippen LogP contribution in [0.15, 0.2) is 53.7 Å². The summed E-state index contributed by atoms with van der Waals surface area (Å²) in [5.74, 6) is 2.00. The number of hydrogen-bond donors (Lipinski definition) is 1. The molecular weight excluding hydrogens is 398 g/mol. The van der Waals surface area contributed by atoms with Crippen molar-refractivity contribution in [2.75, 3.05) is 18.2 Å². The highest BCUT2D eigenvalue weighted by Gasteiger charge is 2.17. The first kappa shape index (κ1) is 21.4. The summed E-state index contributed by atoms with van der Waals surface area (Å²) in [5.41, 5.74) is 2.15. The van der Waals surface area contributed by atoms with Crippen LogP contribution in [0.4, 0.5) is 5.69 Å². The summed E-state index contributed by atoms with van der Waals surface area (Å²) in [6.07, 6.45) is 0. The molecule has 0 radical (unpaired) electrons. The Labute approximate surface area is 180 Å². The van der Waals surface area contributed by atoms with E-state index in [1.165, 1.54) is 11.8 Å². The second kappa shape index (κ2) is 9.94. The molecular formula is C22H23N5O2S. The largest absolute Gasteiger partial charge is 0.497 e. The monoisotopic (exact) mass is 421 g/mol. The molecule has 30 heavy (non-hydrogen) atoms. The second-order valence-corrected chi connectivity index (χ2v) is 8.01. The molecule has 0 aliphatic rings. The quantitative estimate of drug-likeness (QED) is 0.548. The highest BCUT2D eigenvalue weighted by Crippen LogP contribution is 2.26. The fourth-order valence-electron chi connectivity index (χ4n) is 2.83. The molecule has 154 valence electrons. The number of carbonyl (C=O) groups is 1. The SMILES string of the molecule is COc1ccc(-c2nnc(SCC(=O)Nc3ccc(C#N)cc3)n2CC(C)C)cc1. The summed E-state index contributed by atoms with van der Waals surface area (Å²) < 4.78 is 7.27. The van der Waals surface area contributed by atoms with Gasteiger partial charge in [0.2, 0.25) is 5.91 Å². The van der Waals surface area contributed by atoms with Gasteiger partial charge in [0.1, 0.15) is 5.75 Å². The van der Waals surface area contributed by atoms with Crippen molar-refractivity contribution in [1.82, 2.24) is 14.8 Å². The van der Waals surface area contributed by atoms with Crippen LogP contribution in [0.2, 0.25) is 0 Å². The van der Waals surface area contributed by atoms with Gasteiger partial charge in [-0.25, -0.2) is 0 Å². The van der Waals surface area contributed by atoms with Crippen molar-refractivity contribution < 1.29 is 9.53 Å². The van der Waals surface area contributed by atoms with Gasteiger partial charge < -0.3 is 14.6 Å². The maximum atomic E-state index is 12.4. The van der Waals surface area contributed by atoms with Crippen molar-refractivity contribution in [3.8, 4) is 23.2 Å². The van der Waals surface area contributed by atoms with Crippen molar-refractivity contribution in [1.29, 1.82) is 5.26 Å². The molecule has 1 amide bonds. The number of nitrogens with one attached hydrogen (secondary N) is 1. The van der Waals surface area contributed by atoms with Crippen LogP contribution < -0.4 is 10.1 Å². The minimum Gasteiger partial charge on any atom is -0.497 e. The minimum absolute atomic E-state index is 0.144. The van der Waals surface area contributed by atoms with Crippen molar-refractivity contribution in [3.63, 3.8) is 0 Å². The van der Waals surface area contributed by atoms with Crippen molar-refractivity contribution >= 4 is 23.4 Å². The van der Waals surface area contributed by atoms with E-state index >= 15 is 0 Å². The first-order valence-electron chi connectivity index (χ1n) is 9.50. The summed E-state index contributed by atoms with van der Waals surface area (Å²) >= 11 is 1.35. The molecule has 0 saturated carbocycles. The van der Waals surface area contributed by atoms with E-state index in [0.29, 0.717) is 22.3 Å². The Bertz CT molecular complexity index is 1040. The Balaban J connectivity index is 1.72. The summed E-state index contributed by atoms with van der Waals surface area (Å²) in [6, 6.07) is 16.5. The predicted octanol–water partition coefficient (Wildman–Crippen LogP) is 4.21. The number of hydrogen-bond acceptors (Lipinski definition) is 6. The van der Waals surface area contributed by atoms with Crippen LogP contribution in [0.5, 0.6) is 5.75 Å². The lowest BCUT2D eigenvalue weighted by Gasteiger charge is -2.13. The maximum Gasteiger partial charge on any atom is 0.234 e. The van der Waals surface area contributed by atoms with E-state index in [1.54, 1.807) is 31.4 Å². The number of nitrogens with zero attached hydrogens (tertiary/aromatic N) is 4. The van der Waals surface area contributed by atoms with E-state index in [1.807, 2.05) is 28.8 Å². The number of benzene rings is 2. The number of rotatable bonds is 8. The molecule has 3 aromatic rings. The van der Waals surface area contributed by atoms with E-state index in [4.69, 9.17) is 10.00 Å². The molecule has 0 atom stereocenters. The minimum atomic E-state index is -0.144. The van der Waals surface area contributed by atoms with Crippen LogP contribution in [0, 0.1) is 17.2 Å². The van der Waals surface area contributed by atoms with E-state index in [-0.39, 0.29) is 11.7 Å². The summed E-state index contributed by atoms with van der Waals surface area (Å²) in [7, 11) is 1.63. The maximum absolute atomic E-state index is 12.4. The lowest BCUT2D eigenvalue weighted by atomic mass is 10.2. The molecule has 0 saturated heterocycles. The van der Waals surface area contributed by atoms with Crippen LogP contribution >= 0.6 is 11.8 Å². The molecule has 2 aromatic carbocycles. The van der Waals surface area contributed by atoms with Gasteiger partial charge in [0.05, 0.1) is 24.5 Å². The average Bonchev–Trinajstić information content (AvgIpc) is 3.14. The molecule has 7 nitrogen and oxygen atoms in total. The number of anilines is 1. The number of aromatic nitrogens is 3. The highest BCUT2D eigenvalue weighted by atomic mass is 32.2. The van der Waals surface area contributed by atoms with Gasteiger partial charge in [0.25, 0.3) is 0 Å². The normalized spacial score (nSPS) is 10.6. The molecule has 0 aliphatic carbocycles. The van der Waals surface area contributed by atoms with Crippen LogP contribution in [0.1, 0.15) is 19.4 Å². The van der Waals surface area contributed by atoms with Crippen LogP contribution in [0.25, 0.3) is 11.4 Å². The highest BCUT2D eigenvalue weighted by molar-refractivity contribution is 7.99. The zero-order chi connectivity index (χ0) is 21.5. The molecule has 0 fully saturated rings. The Morgan fingerprint density at radius 2 is 1.87 bits per heavy atom. The van der Waals surface area contributed by atoms with Crippen molar-refractivity contribution in [3.05, 3.63) is 54.1 Å². The predicted molar refractivity (Wildman–Crippen MR) is 117 cm³/mol. The zero-order valence-corrected chi connectivity index (χ0v) is 17.9. The lowest BCUT2D eigenvalue weighted by Crippen LogP contribution is -2.15. The standard InChI is InChI=1S/C22H23N5O2S/c1-15(2)13-27-21(17-6-10-19(29-3)11-7-17)25-26-22(27)30-14-20(28)24-18-8-4-16(12-23)5-9-18/h4-11,15H,13-14H2,1-3H3,(H,24,28). The van der Waals surface area contributed by atoms with Gasteiger partial charge in [-0.3, -0.25) is 4.79 Å².